The zero-order valence-corrected chi connectivity index (χ0v) is 11.5. The quantitative estimate of drug-likeness (QED) is 0.872. The maximum Gasteiger partial charge on any atom is 0.238 e. The monoisotopic (exact) mass is 262 g/mol. The van der Waals surface area contributed by atoms with Crippen molar-refractivity contribution in [1.82, 2.24) is 9.88 Å². The molecule has 3 heterocycles. The second-order valence-corrected chi connectivity index (χ2v) is 5.40. The first-order valence-corrected chi connectivity index (χ1v) is 7.07. The molecule has 0 bridgehead atoms. The molecule has 1 atom stereocenters. The summed E-state index contributed by atoms with van der Waals surface area (Å²) in [4.78, 5) is 9.52. The van der Waals surface area contributed by atoms with E-state index in [0.717, 1.165) is 18.9 Å². The van der Waals surface area contributed by atoms with Crippen LogP contribution in [0, 0.1) is 0 Å². The van der Waals surface area contributed by atoms with Gasteiger partial charge in [-0.25, -0.2) is 0 Å². The summed E-state index contributed by atoms with van der Waals surface area (Å²) in [7, 11) is 1.61. The average Bonchev–Trinajstić information content (AvgIpc) is 2.77. The van der Waals surface area contributed by atoms with Crippen LogP contribution in [0.3, 0.4) is 0 Å². The van der Waals surface area contributed by atoms with Gasteiger partial charge in [-0.15, -0.1) is 0 Å². The van der Waals surface area contributed by atoms with E-state index in [2.05, 4.69) is 14.8 Å². The van der Waals surface area contributed by atoms with E-state index in [4.69, 9.17) is 10.5 Å². The number of pyridine rings is 1. The van der Waals surface area contributed by atoms with Gasteiger partial charge in [0.1, 0.15) is 5.82 Å². The van der Waals surface area contributed by atoms with Crippen LogP contribution in [0.1, 0.15) is 19.3 Å². The lowest BCUT2D eigenvalue weighted by Gasteiger charge is -2.26. The molecule has 0 aromatic carbocycles. The van der Waals surface area contributed by atoms with Crippen LogP contribution < -0.4 is 15.4 Å². The number of hydrogen-bond donors (Lipinski definition) is 1. The molecule has 0 aliphatic carbocycles. The van der Waals surface area contributed by atoms with Gasteiger partial charge in [0.2, 0.25) is 5.88 Å². The molecule has 0 radical (unpaired) electrons. The van der Waals surface area contributed by atoms with E-state index >= 15 is 0 Å². The second-order valence-electron chi connectivity index (χ2n) is 5.40. The molecule has 1 aromatic rings. The predicted octanol–water partition coefficient (Wildman–Crippen LogP) is 1.35. The molecule has 0 saturated carbocycles. The molecule has 2 fully saturated rings. The Bertz CT molecular complexity index is 451. The van der Waals surface area contributed by atoms with E-state index in [1.54, 1.807) is 7.11 Å². The molecule has 2 aliphatic heterocycles. The van der Waals surface area contributed by atoms with Gasteiger partial charge >= 0.3 is 0 Å². The van der Waals surface area contributed by atoms with E-state index in [1.807, 2.05) is 12.1 Å². The average molecular weight is 262 g/mol. The molecule has 3 rings (SSSR count). The molecule has 5 nitrogen and oxygen atoms in total. The van der Waals surface area contributed by atoms with Crippen molar-refractivity contribution in [3.63, 3.8) is 0 Å². The van der Waals surface area contributed by atoms with Crippen LogP contribution in [-0.4, -0.2) is 49.2 Å². The van der Waals surface area contributed by atoms with Crippen molar-refractivity contribution in [3.8, 4) is 5.88 Å². The van der Waals surface area contributed by atoms with Crippen molar-refractivity contribution >= 4 is 11.5 Å². The van der Waals surface area contributed by atoms with Gasteiger partial charge in [-0.2, -0.15) is 4.98 Å². The van der Waals surface area contributed by atoms with Crippen LogP contribution in [0.15, 0.2) is 12.1 Å². The van der Waals surface area contributed by atoms with Crippen LogP contribution in [0.2, 0.25) is 0 Å². The van der Waals surface area contributed by atoms with Gasteiger partial charge in [-0.05, 0) is 37.9 Å². The van der Waals surface area contributed by atoms with Crippen molar-refractivity contribution in [3.05, 3.63) is 12.1 Å². The first-order chi connectivity index (χ1) is 9.28. The zero-order valence-electron chi connectivity index (χ0n) is 11.5. The minimum absolute atomic E-state index is 0.532. The van der Waals surface area contributed by atoms with E-state index < -0.39 is 0 Å². The minimum atomic E-state index is 0.532. The highest BCUT2D eigenvalue weighted by Gasteiger charge is 2.29. The van der Waals surface area contributed by atoms with Crippen LogP contribution in [-0.2, 0) is 0 Å². The van der Waals surface area contributed by atoms with Gasteiger partial charge in [-0.1, -0.05) is 0 Å². The van der Waals surface area contributed by atoms with Gasteiger partial charge in [0.05, 0.1) is 12.8 Å². The van der Waals surface area contributed by atoms with Crippen LogP contribution >= 0.6 is 0 Å². The normalized spacial score (nSPS) is 24.1. The summed E-state index contributed by atoms with van der Waals surface area (Å²) in [6.07, 6.45) is 3.84. The SMILES string of the molecule is COc1nc(N2CCCN3CCCC3C2)ccc1N. The molecule has 2 saturated heterocycles. The van der Waals surface area contributed by atoms with Crippen molar-refractivity contribution < 1.29 is 4.74 Å². The number of methoxy groups -OCH3 is 1. The third-order valence-electron chi connectivity index (χ3n) is 4.20. The molecule has 104 valence electrons. The maximum atomic E-state index is 5.83. The Balaban J connectivity index is 1.80. The van der Waals surface area contributed by atoms with E-state index in [-0.39, 0.29) is 0 Å². The van der Waals surface area contributed by atoms with Gasteiger partial charge < -0.3 is 15.4 Å². The Morgan fingerprint density at radius 3 is 2.95 bits per heavy atom. The standard InChI is InChI=1S/C14H22N4O/c1-19-14-12(15)5-6-13(16-14)18-9-3-8-17-7-2-4-11(17)10-18/h5-6,11H,2-4,7-10,15H2,1H3. The molecule has 1 unspecified atom stereocenters. The summed E-state index contributed by atoms with van der Waals surface area (Å²) in [6, 6.07) is 4.58. The van der Waals surface area contributed by atoms with Gasteiger partial charge in [0.15, 0.2) is 0 Å². The first-order valence-electron chi connectivity index (χ1n) is 7.07. The fourth-order valence-corrected chi connectivity index (χ4v) is 3.20. The highest BCUT2D eigenvalue weighted by molar-refractivity contribution is 5.54. The number of nitrogens with two attached hydrogens (primary N) is 1. The van der Waals surface area contributed by atoms with Crippen molar-refractivity contribution in [2.24, 2.45) is 0 Å². The molecule has 2 aliphatic rings. The van der Waals surface area contributed by atoms with Crippen molar-refractivity contribution in [1.29, 1.82) is 0 Å². The molecule has 0 spiro atoms. The number of anilines is 2. The molecule has 0 amide bonds. The summed E-state index contributed by atoms with van der Waals surface area (Å²) in [5.41, 5.74) is 6.43. The number of ether oxygens (including phenoxy) is 1. The van der Waals surface area contributed by atoms with E-state index in [9.17, 15) is 0 Å². The van der Waals surface area contributed by atoms with Gasteiger partial charge in [0.25, 0.3) is 0 Å². The summed E-state index contributed by atoms with van der Waals surface area (Å²) in [5, 5.41) is 0. The van der Waals surface area contributed by atoms with Crippen LogP contribution in [0.25, 0.3) is 0 Å². The summed E-state index contributed by atoms with van der Waals surface area (Å²) < 4.78 is 5.22. The summed E-state index contributed by atoms with van der Waals surface area (Å²) >= 11 is 0. The molecule has 2 N–H and O–H groups in total. The predicted molar refractivity (Wildman–Crippen MR) is 76.6 cm³/mol. The zero-order chi connectivity index (χ0) is 13.2. The van der Waals surface area contributed by atoms with Crippen molar-refractivity contribution in [2.75, 3.05) is 43.9 Å². The summed E-state index contributed by atoms with van der Waals surface area (Å²) in [6.45, 7) is 4.61. The number of aromatic nitrogens is 1. The van der Waals surface area contributed by atoms with Crippen LogP contribution in [0.5, 0.6) is 5.88 Å². The van der Waals surface area contributed by atoms with Crippen molar-refractivity contribution in [2.45, 2.75) is 25.3 Å². The summed E-state index contributed by atoms with van der Waals surface area (Å²) in [5.74, 6) is 1.52. The second kappa shape index (κ2) is 5.25. The number of hydrogen-bond acceptors (Lipinski definition) is 5. The smallest absolute Gasteiger partial charge is 0.238 e. The Morgan fingerprint density at radius 2 is 2.11 bits per heavy atom. The van der Waals surface area contributed by atoms with Gasteiger partial charge in [-0.3, -0.25) is 4.90 Å². The Morgan fingerprint density at radius 1 is 1.26 bits per heavy atom. The lowest BCUT2D eigenvalue weighted by atomic mass is 10.2. The third kappa shape index (κ3) is 2.47. The van der Waals surface area contributed by atoms with E-state index in [0.29, 0.717) is 17.6 Å². The fraction of sp³-hybridized carbons (Fsp3) is 0.643. The highest BCUT2D eigenvalue weighted by Crippen LogP contribution is 2.27. The molecule has 5 heteroatoms. The van der Waals surface area contributed by atoms with E-state index in [1.165, 1.54) is 32.4 Å². The number of rotatable bonds is 2. The number of nitrogen functional groups attached to an aromatic ring is 1. The highest BCUT2D eigenvalue weighted by atomic mass is 16.5. The Kier molecular flexibility index (Phi) is 3.46. The van der Waals surface area contributed by atoms with Gasteiger partial charge in [0, 0.05) is 25.7 Å². The third-order valence-corrected chi connectivity index (χ3v) is 4.20. The Labute approximate surface area is 114 Å². The van der Waals surface area contributed by atoms with Crippen LogP contribution in [0.4, 0.5) is 11.5 Å². The minimum Gasteiger partial charge on any atom is -0.479 e. The lowest BCUT2D eigenvalue weighted by molar-refractivity contribution is 0.273. The maximum absolute atomic E-state index is 5.83. The number of fused-ring (bicyclic) bond motifs is 1. The molecular weight excluding hydrogens is 240 g/mol. The molecular formula is C14H22N4O. The Hall–Kier alpha value is -1.49. The largest absolute Gasteiger partial charge is 0.479 e. The molecule has 1 aromatic heterocycles. The topological polar surface area (TPSA) is 54.6 Å². The number of nitrogens with zero attached hydrogens (tertiary/aromatic N) is 3. The molecule has 19 heavy (non-hydrogen) atoms. The fourth-order valence-electron chi connectivity index (χ4n) is 3.20. The lowest BCUT2D eigenvalue weighted by Crippen LogP contribution is -2.37. The first kappa shape index (κ1) is 12.5.